The number of carbonyl (C=O) groups excluding carboxylic acids is 1. The lowest BCUT2D eigenvalue weighted by molar-refractivity contribution is -0.114. The van der Waals surface area contributed by atoms with E-state index in [2.05, 4.69) is 4.98 Å². The molecular formula is C10H10N2O2. The van der Waals surface area contributed by atoms with Crippen molar-refractivity contribution in [2.24, 2.45) is 0 Å². The van der Waals surface area contributed by atoms with Gasteiger partial charge < -0.3 is 4.42 Å². The van der Waals surface area contributed by atoms with E-state index in [1.54, 1.807) is 13.8 Å². The van der Waals surface area contributed by atoms with E-state index in [1.807, 2.05) is 6.07 Å². The highest BCUT2D eigenvalue weighted by atomic mass is 16.3. The molecule has 72 valence electrons. The number of aromatic nitrogens is 1. The maximum atomic E-state index is 11.2. The maximum Gasteiger partial charge on any atom is 0.220 e. The molecule has 0 spiro atoms. The molecule has 4 heteroatoms. The van der Waals surface area contributed by atoms with Gasteiger partial charge in [-0.3, -0.25) is 4.79 Å². The molecular weight excluding hydrogens is 180 g/mol. The predicted molar refractivity (Wildman–Crippen MR) is 50.1 cm³/mol. The summed E-state index contributed by atoms with van der Waals surface area (Å²) in [5, 5.41) is 8.69. The van der Waals surface area contributed by atoms with Gasteiger partial charge in [0.15, 0.2) is 5.78 Å². The number of nitrogens with zero attached hydrogens (tertiary/aromatic N) is 2. The zero-order chi connectivity index (χ0) is 10.6. The van der Waals surface area contributed by atoms with Crippen molar-refractivity contribution in [1.82, 2.24) is 4.98 Å². The second kappa shape index (κ2) is 4.38. The van der Waals surface area contributed by atoms with Crippen LogP contribution in [0, 0.1) is 18.3 Å². The minimum Gasteiger partial charge on any atom is -0.445 e. The Hall–Kier alpha value is -1.89. The van der Waals surface area contributed by atoms with Gasteiger partial charge in [0.1, 0.15) is 17.9 Å². The second-order valence-electron chi connectivity index (χ2n) is 2.77. The number of hydrogen-bond acceptors (Lipinski definition) is 4. The molecule has 1 rings (SSSR count). The molecule has 1 heterocycles. The summed E-state index contributed by atoms with van der Waals surface area (Å²) < 4.78 is 5.00. The highest BCUT2D eigenvalue weighted by Crippen LogP contribution is 2.08. The van der Waals surface area contributed by atoms with Gasteiger partial charge >= 0.3 is 0 Å². The fourth-order valence-electron chi connectivity index (χ4n) is 0.928. The molecule has 0 aliphatic carbocycles. The van der Waals surface area contributed by atoms with Gasteiger partial charge in [-0.05, 0) is 6.92 Å². The van der Waals surface area contributed by atoms with Crippen LogP contribution in [0.1, 0.15) is 24.9 Å². The highest BCUT2D eigenvalue weighted by Gasteiger charge is 2.07. The summed E-state index contributed by atoms with van der Waals surface area (Å²) in [6.45, 7) is 3.48. The van der Waals surface area contributed by atoms with Crippen molar-refractivity contribution in [3.8, 4) is 6.07 Å². The average Bonchev–Trinajstić information content (AvgIpc) is 2.59. The van der Waals surface area contributed by atoms with Crippen molar-refractivity contribution in [3.05, 3.63) is 23.4 Å². The number of Topliss-reactive ketones (excluding diaryl/α,β-unsaturated/α-hetero) is 1. The number of oxazole rings is 1. The van der Waals surface area contributed by atoms with E-state index in [0.29, 0.717) is 12.3 Å². The third kappa shape index (κ3) is 2.30. The van der Waals surface area contributed by atoms with Gasteiger partial charge in [-0.1, -0.05) is 6.92 Å². The Bertz CT molecular complexity index is 410. The van der Waals surface area contributed by atoms with Crippen molar-refractivity contribution in [2.45, 2.75) is 20.3 Å². The molecule has 0 unspecified atom stereocenters. The van der Waals surface area contributed by atoms with E-state index in [-0.39, 0.29) is 11.4 Å². The Balaban J connectivity index is 2.96. The van der Waals surface area contributed by atoms with Gasteiger partial charge in [-0.15, -0.1) is 0 Å². The number of rotatable bonds is 3. The molecule has 0 saturated heterocycles. The summed E-state index contributed by atoms with van der Waals surface area (Å²) in [6, 6.07) is 1.82. The van der Waals surface area contributed by atoms with Crippen LogP contribution in [-0.4, -0.2) is 10.8 Å². The molecule has 0 saturated carbocycles. The molecule has 0 bridgehead atoms. The van der Waals surface area contributed by atoms with Gasteiger partial charge in [0.05, 0.1) is 5.69 Å². The molecule has 0 atom stereocenters. The number of nitriles is 1. The molecule has 0 amide bonds. The molecule has 0 aliphatic rings. The minimum absolute atomic E-state index is 0.0781. The van der Waals surface area contributed by atoms with E-state index in [1.165, 1.54) is 12.3 Å². The van der Waals surface area contributed by atoms with Gasteiger partial charge in [0.2, 0.25) is 5.89 Å². The Labute approximate surface area is 81.9 Å². The first kappa shape index (κ1) is 10.2. The topological polar surface area (TPSA) is 66.9 Å². The number of carbonyl (C=O) groups is 1. The standard InChI is InChI=1S/C10H10N2O2/c1-3-9(13)8(5-11)4-10-12-7(2)6-14-10/h4,6H,3H2,1-2H3/b8-4+. The summed E-state index contributed by atoms with van der Waals surface area (Å²) in [5.74, 6) is 0.0872. The molecule has 0 radical (unpaired) electrons. The molecule has 0 fully saturated rings. The van der Waals surface area contributed by atoms with E-state index in [9.17, 15) is 4.79 Å². The third-order valence-electron chi connectivity index (χ3n) is 1.65. The molecule has 4 nitrogen and oxygen atoms in total. The van der Waals surface area contributed by atoms with Crippen LogP contribution in [0.5, 0.6) is 0 Å². The molecule has 14 heavy (non-hydrogen) atoms. The lowest BCUT2D eigenvalue weighted by Crippen LogP contribution is -1.97. The van der Waals surface area contributed by atoms with Crippen LogP contribution in [0.25, 0.3) is 6.08 Å². The quantitative estimate of drug-likeness (QED) is 0.539. The summed E-state index contributed by atoms with van der Waals surface area (Å²) in [5.41, 5.74) is 0.798. The van der Waals surface area contributed by atoms with Crippen molar-refractivity contribution in [3.63, 3.8) is 0 Å². The zero-order valence-corrected chi connectivity index (χ0v) is 8.07. The normalized spacial score (nSPS) is 11.1. The van der Waals surface area contributed by atoms with Crippen LogP contribution in [0.4, 0.5) is 0 Å². The maximum absolute atomic E-state index is 11.2. The summed E-state index contributed by atoms with van der Waals surface area (Å²) in [6.07, 6.45) is 3.13. The van der Waals surface area contributed by atoms with Crippen LogP contribution < -0.4 is 0 Å². The van der Waals surface area contributed by atoms with Crippen molar-refractivity contribution in [1.29, 1.82) is 5.26 Å². The van der Waals surface area contributed by atoms with Crippen LogP contribution >= 0.6 is 0 Å². The predicted octanol–water partition coefficient (Wildman–Crippen LogP) is 1.87. The monoisotopic (exact) mass is 190 g/mol. The van der Waals surface area contributed by atoms with E-state index in [4.69, 9.17) is 9.68 Å². The number of hydrogen-bond donors (Lipinski definition) is 0. The third-order valence-corrected chi connectivity index (χ3v) is 1.65. The SMILES string of the molecule is CCC(=O)/C(C#N)=C/c1nc(C)co1. The van der Waals surface area contributed by atoms with Crippen LogP contribution in [-0.2, 0) is 4.79 Å². The Kier molecular flexibility index (Phi) is 3.19. The molecule has 0 aliphatic heterocycles. The highest BCUT2D eigenvalue weighted by molar-refractivity contribution is 6.02. The summed E-state index contributed by atoms with van der Waals surface area (Å²) >= 11 is 0. The number of aryl methyl sites for hydroxylation is 1. The van der Waals surface area contributed by atoms with Crippen LogP contribution in [0.2, 0.25) is 0 Å². The number of allylic oxidation sites excluding steroid dienone is 1. The number of ketones is 1. The molecule has 0 N–H and O–H groups in total. The van der Waals surface area contributed by atoms with Crippen molar-refractivity contribution < 1.29 is 9.21 Å². The van der Waals surface area contributed by atoms with Gasteiger partial charge in [0.25, 0.3) is 0 Å². The van der Waals surface area contributed by atoms with Gasteiger partial charge in [-0.2, -0.15) is 5.26 Å². The fraction of sp³-hybridized carbons (Fsp3) is 0.300. The van der Waals surface area contributed by atoms with E-state index < -0.39 is 0 Å². The zero-order valence-electron chi connectivity index (χ0n) is 8.07. The van der Waals surface area contributed by atoms with Crippen LogP contribution in [0.15, 0.2) is 16.3 Å². The smallest absolute Gasteiger partial charge is 0.220 e. The Morgan fingerprint density at radius 3 is 2.93 bits per heavy atom. The lowest BCUT2D eigenvalue weighted by atomic mass is 10.1. The first-order valence-electron chi connectivity index (χ1n) is 4.24. The Morgan fingerprint density at radius 2 is 2.50 bits per heavy atom. The first-order valence-corrected chi connectivity index (χ1v) is 4.24. The summed E-state index contributed by atoms with van der Waals surface area (Å²) in [7, 11) is 0. The largest absolute Gasteiger partial charge is 0.445 e. The first-order chi connectivity index (χ1) is 6.67. The second-order valence-corrected chi connectivity index (χ2v) is 2.77. The van der Waals surface area contributed by atoms with Gasteiger partial charge in [0, 0.05) is 12.5 Å². The van der Waals surface area contributed by atoms with Crippen LogP contribution in [0.3, 0.4) is 0 Å². The van der Waals surface area contributed by atoms with E-state index >= 15 is 0 Å². The summed E-state index contributed by atoms with van der Waals surface area (Å²) in [4.78, 5) is 15.2. The lowest BCUT2D eigenvalue weighted by Gasteiger charge is -1.90. The average molecular weight is 190 g/mol. The van der Waals surface area contributed by atoms with Crippen molar-refractivity contribution >= 4 is 11.9 Å². The molecule has 0 aromatic carbocycles. The Morgan fingerprint density at radius 1 is 1.79 bits per heavy atom. The van der Waals surface area contributed by atoms with Gasteiger partial charge in [-0.25, -0.2) is 4.98 Å². The van der Waals surface area contributed by atoms with Crippen molar-refractivity contribution in [2.75, 3.05) is 0 Å². The minimum atomic E-state index is -0.205. The molecule has 1 aromatic rings. The molecule has 1 aromatic heterocycles. The fourth-order valence-corrected chi connectivity index (χ4v) is 0.928. The van der Waals surface area contributed by atoms with E-state index in [0.717, 1.165) is 5.69 Å².